The second-order valence-electron chi connectivity index (χ2n) is 9.37. The number of nitrogens with one attached hydrogen (secondary N) is 1. The highest BCUT2D eigenvalue weighted by Crippen LogP contribution is 2.28. The van der Waals surface area contributed by atoms with Crippen molar-refractivity contribution >= 4 is 17.7 Å². The summed E-state index contributed by atoms with van der Waals surface area (Å²) in [6.45, 7) is 5.57. The van der Waals surface area contributed by atoms with Gasteiger partial charge in [0.05, 0.1) is 12.3 Å². The van der Waals surface area contributed by atoms with Gasteiger partial charge in [0.1, 0.15) is 0 Å². The molecule has 30 heavy (non-hydrogen) atoms. The van der Waals surface area contributed by atoms with Crippen LogP contribution in [0.1, 0.15) is 43.2 Å². The van der Waals surface area contributed by atoms with Crippen molar-refractivity contribution < 1.29 is 14.4 Å². The lowest BCUT2D eigenvalue weighted by Gasteiger charge is -2.34. The van der Waals surface area contributed by atoms with E-state index in [0.717, 1.165) is 38.0 Å². The van der Waals surface area contributed by atoms with E-state index in [1.165, 1.54) is 18.4 Å². The van der Waals surface area contributed by atoms with Crippen molar-refractivity contribution in [3.8, 4) is 0 Å². The summed E-state index contributed by atoms with van der Waals surface area (Å²) in [6, 6.07) is 8.13. The van der Waals surface area contributed by atoms with E-state index < -0.39 is 0 Å². The van der Waals surface area contributed by atoms with Gasteiger partial charge in [0, 0.05) is 39.1 Å². The number of nitrogens with zero attached hydrogens (tertiary/aromatic N) is 2. The molecule has 1 saturated carbocycles. The molecule has 0 aromatic heterocycles. The lowest BCUT2D eigenvalue weighted by Crippen LogP contribution is -2.42. The Bertz CT molecular complexity index is 779. The molecule has 1 aromatic rings. The Morgan fingerprint density at radius 2 is 1.73 bits per heavy atom. The van der Waals surface area contributed by atoms with Crippen LogP contribution in [0.25, 0.3) is 0 Å². The van der Waals surface area contributed by atoms with Crippen molar-refractivity contribution in [3.05, 3.63) is 35.4 Å². The molecule has 1 N–H and O–H groups in total. The Morgan fingerprint density at radius 1 is 1.03 bits per heavy atom. The Balaban J connectivity index is 1.19. The number of hydrogen-bond acceptors (Lipinski definition) is 3. The maximum atomic E-state index is 12.6. The third-order valence-corrected chi connectivity index (χ3v) is 6.77. The Hall–Kier alpha value is -2.37. The molecule has 3 fully saturated rings. The molecule has 1 aliphatic carbocycles. The van der Waals surface area contributed by atoms with Crippen molar-refractivity contribution in [3.63, 3.8) is 0 Å². The minimum atomic E-state index is -0.201. The predicted molar refractivity (Wildman–Crippen MR) is 115 cm³/mol. The van der Waals surface area contributed by atoms with Crippen molar-refractivity contribution in [2.75, 3.05) is 32.7 Å². The van der Waals surface area contributed by atoms with E-state index in [1.807, 2.05) is 41.0 Å². The Kier molecular flexibility index (Phi) is 6.40. The summed E-state index contributed by atoms with van der Waals surface area (Å²) in [4.78, 5) is 41.1. The van der Waals surface area contributed by atoms with E-state index in [0.29, 0.717) is 37.8 Å². The summed E-state index contributed by atoms with van der Waals surface area (Å²) in [5.41, 5.74) is 2.26. The summed E-state index contributed by atoms with van der Waals surface area (Å²) in [5, 5.41) is 3.01. The summed E-state index contributed by atoms with van der Waals surface area (Å²) in [5.74, 6) is 1.18. The zero-order valence-corrected chi connectivity index (χ0v) is 17.9. The summed E-state index contributed by atoms with van der Waals surface area (Å²) in [7, 11) is 0. The van der Waals surface area contributed by atoms with Crippen LogP contribution in [0.5, 0.6) is 0 Å². The second-order valence-corrected chi connectivity index (χ2v) is 9.37. The van der Waals surface area contributed by atoms with Gasteiger partial charge in [-0.25, -0.2) is 0 Å². The van der Waals surface area contributed by atoms with Crippen LogP contribution in [-0.2, 0) is 20.8 Å². The minimum Gasteiger partial charge on any atom is -0.356 e. The molecule has 0 radical (unpaired) electrons. The van der Waals surface area contributed by atoms with E-state index in [2.05, 4.69) is 5.32 Å². The van der Waals surface area contributed by atoms with Gasteiger partial charge in [0.2, 0.25) is 17.7 Å². The van der Waals surface area contributed by atoms with Crippen LogP contribution in [0.2, 0.25) is 0 Å². The molecule has 1 atom stereocenters. The van der Waals surface area contributed by atoms with Crippen LogP contribution >= 0.6 is 0 Å². The topological polar surface area (TPSA) is 69.7 Å². The van der Waals surface area contributed by atoms with E-state index in [-0.39, 0.29) is 23.6 Å². The van der Waals surface area contributed by atoms with Gasteiger partial charge < -0.3 is 15.1 Å². The lowest BCUT2D eigenvalue weighted by atomic mass is 9.95. The first-order valence-corrected chi connectivity index (χ1v) is 11.4. The number of piperidine rings is 1. The van der Waals surface area contributed by atoms with Crippen LogP contribution < -0.4 is 5.32 Å². The first-order chi connectivity index (χ1) is 14.5. The molecular weight excluding hydrogens is 378 g/mol. The quantitative estimate of drug-likeness (QED) is 0.747. The Labute approximate surface area is 179 Å². The first kappa shape index (κ1) is 20.9. The van der Waals surface area contributed by atoms with Crippen molar-refractivity contribution in [2.24, 2.45) is 17.8 Å². The molecule has 162 valence electrons. The van der Waals surface area contributed by atoms with Crippen LogP contribution in [0.4, 0.5) is 0 Å². The fourth-order valence-electron chi connectivity index (χ4n) is 4.50. The van der Waals surface area contributed by atoms with E-state index >= 15 is 0 Å². The molecule has 1 aromatic carbocycles. The maximum absolute atomic E-state index is 12.6. The molecule has 2 aliphatic heterocycles. The number of carbonyl (C=O) groups is 3. The SMILES string of the molecule is Cc1ccc(CC(=O)N2CCC(CN3CC(C(=O)NCC4CC4)CC3=O)CC2)cc1. The normalized spacial score (nSPS) is 22.4. The number of aryl methyl sites for hydroxylation is 1. The highest BCUT2D eigenvalue weighted by molar-refractivity contribution is 5.89. The fourth-order valence-corrected chi connectivity index (χ4v) is 4.50. The largest absolute Gasteiger partial charge is 0.356 e. The van der Waals surface area contributed by atoms with Crippen LogP contribution in [0, 0.1) is 24.7 Å². The number of amides is 3. The minimum absolute atomic E-state index is 0.0364. The molecule has 6 nitrogen and oxygen atoms in total. The highest BCUT2D eigenvalue weighted by Gasteiger charge is 2.36. The van der Waals surface area contributed by atoms with E-state index in [1.54, 1.807) is 0 Å². The molecule has 1 unspecified atom stereocenters. The molecule has 2 heterocycles. The maximum Gasteiger partial charge on any atom is 0.226 e. The molecule has 4 rings (SSSR count). The average Bonchev–Trinajstić information content (AvgIpc) is 3.50. The molecule has 0 bridgehead atoms. The molecular formula is C24H33N3O3. The number of benzene rings is 1. The molecule has 3 aliphatic rings. The number of carbonyl (C=O) groups excluding carboxylic acids is 3. The number of likely N-dealkylation sites (tertiary alicyclic amines) is 2. The van der Waals surface area contributed by atoms with Crippen molar-refractivity contribution in [2.45, 2.75) is 45.4 Å². The van der Waals surface area contributed by atoms with Crippen molar-refractivity contribution in [1.29, 1.82) is 0 Å². The first-order valence-electron chi connectivity index (χ1n) is 11.4. The van der Waals surface area contributed by atoms with E-state index in [4.69, 9.17) is 0 Å². The second kappa shape index (κ2) is 9.19. The predicted octanol–water partition coefficient (Wildman–Crippen LogP) is 2.15. The van der Waals surface area contributed by atoms with Gasteiger partial charge >= 0.3 is 0 Å². The van der Waals surface area contributed by atoms with Gasteiger partial charge in [-0.2, -0.15) is 0 Å². The molecule has 3 amide bonds. The monoisotopic (exact) mass is 411 g/mol. The van der Waals surface area contributed by atoms with Gasteiger partial charge in [0.15, 0.2) is 0 Å². The summed E-state index contributed by atoms with van der Waals surface area (Å²) < 4.78 is 0. The third-order valence-electron chi connectivity index (χ3n) is 6.77. The number of hydrogen-bond donors (Lipinski definition) is 1. The summed E-state index contributed by atoms with van der Waals surface area (Å²) >= 11 is 0. The molecule has 0 spiro atoms. The standard InChI is InChI=1S/C24H33N3O3/c1-17-2-4-18(5-3-17)12-22(28)26-10-8-20(9-11-26)15-27-16-21(13-23(27)29)24(30)25-14-19-6-7-19/h2-5,19-21H,6-16H2,1H3,(H,25,30). The van der Waals surface area contributed by atoms with Gasteiger partial charge in [-0.05, 0) is 50.0 Å². The van der Waals surface area contributed by atoms with Gasteiger partial charge in [0.25, 0.3) is 0 Å². The zero-order valence-electron chi connectivity index (χ0n) is 17.9. The average molecular weight is 412 g/mol. The smallest absolute Gasteiger partial charge is 0.226 e. The third kappa shape index (κ3) is 5.41. The Morgan fingerprint density at radius 3 is 2.40 bits per heavy atom. The van der Waals surface area contributed by atoms with Crippen LogP contribution in [-0.4, -0.2) is 60.2 Å². The molecule has 6 heteroatoms. The lowest BCUT2D eigenvalue weighted by molar-refractivity contribution is -0.133. The van der Waals surface area contributed by atoms with Crippen molar-refractivity contribution in [1.82, 2.24) is 15.1 Å². The summed E-state index contributed by atoms with van der Waals surface area (Å²) in [6.07, 6.45) is 5.05. The highest BCUT2D eigenvalue weighted by atomic mass is 16.2. The zero-order chi connectivity index (χ0) is 21.1. The van der Waals surface area contributed by atoms with Gasteiger partial charge in [-0.1, -0.05) is 29.8 Å². The molecule has 2 saturated heterocycles. The van der Waals surface area contributed by atoms with E-state index in [9.17, 15) is 14.4 Å². The van der Waals surface area contributed by atoms with Crippen LogP contribution in [0.3, 0.4) is 0 Å². The van der Waals surface area contributed by atoms with Gasteiger partial charge in [-0.3, -0.25) is 14.4 Å². The number of rotatable bonds is 7. The van der Waals surface area contributed by atoms with Crippen LogP contribution in [0.15, 0.2) is 24.3 Å². The van der Waals surface area contributed by atoms with Gasteiger partial charge in [-0.15, -0.1) is 0 Å². The fraction of sp³-hybridized carbons (Fsp3) is 0.625.